The first kappa shape index (κ1) is 14.3. The van der Waals surface area contributed by atoms with Crippen LogP contribution < -0.4 is 0 Å². The van der Waals surface area contributed by atoms with E-state index in [-0.39, 0.29) is 0 Å². The molecule has 0 aromatic carbocycles. The Labute approximate surface area is 95.2 Å². The zero-order chi connectivity index (χ0) is 11.7. The summed E-state index contributed by atoms with van der Waals surface area (Å²) in [7, 11) is 4.15. The van der Waals surface area contributed by atoms with E-state index in [1.54, 1.807) is 0 Å². The Morgan fingerprint density at radius 1 is 0.933 bits per heavy atom. The van der Waals surface area contributed by atoms with Crippen LogP contribution in [0.3, 0.4) is 0 Å². The van der Waals surface area contributed by atoms with Crippen molar-refractivity contribution >= 4 is 5.96 Å². The Balaban J connectivity index is 4.51. The summed E-state index contributed by atoms with van der Waals surface area (Å²) in [5.74, 6) is 1.14. The second-order valence-electron chi connectivity index (χ2n) is 4.06. The van der Waals surface area contributed by atoms with Crippen molar-refractivity contribution in [3.63, 3.8) is 0 Å². The Bertz CT molecular complexity index is 170. The van der Waals surface area contributed by atoms with Crippen molar-refractivity contribution in [2.24, 2.45) is 4.99 Å². The lowest BCUT2D eigenvalue weighted by atomic mass is 10.3. The molecule has 3 heteroatoms. The van der Waals surface area contributed by atoms with Crippen molar-refractivity contribution in [3.05, 3.63) is 0 Å². The van der Waals surface area contributed by atoms with E-state index in [0.717, 1.165) is 32.0 Å². The highest BCUT2D eigenvalue weighted by Crippen LogP contribution is 2.00. The standard InChI is InChI=1S/C12H27N3/c1-6-9-13-12(14(4)5)15(10-7-2)11-8-3/h6-11H2,1-5H3. The minimum Gasteiger partial charge on any atom is -0.349 e. The van der Waals surface area contributed by atoms with Gasteiger partial charge in [-0.05, 0) is 19.3 Å². The number of nitrogens with zero attached hydrogens (tertiary/aromatic N) is 3. The normalized spacial score (nSPS) is 11.7. The lowest BCUT2D eigenvalue weighted by Crippen LogP contribution is -2.41. The summed E-state index contributed by atoms with van der Waals surface area (Å²) in [6, 6.07) is 0. The molecule has 0 aromatic rings. The summed E-state index contributed by atoms with van der Waals surface area (Å²) in [5.41, 5.74) is 0. The van der Waals surface area contributed by atoms with E-state index < -0.39 is 0 Å². The third-order valence-electron chi connectivity index (χ3n) is 2.15. The monoisotopic (exact) mass is 213 g/mol. The van der Waals surface area contributed by atoms with Gasteiger partial charge in [0.15, 0.2) is 5.96 Å². The van der Waals surface area contributed by atoms with Crippen LogP contribution >= 0.6 is 0 Å². The van der Waals surface area contributed by atoms with Gasteiger partial charge in [-0.15, -0.1) is 0 Å². The second-order valence-corrected chi connectivity index (χ2v) is 4.06. The van der Waals surface area contributed by atoms with Gasteiger partial charge in [-0.1, -0.05) is 20.8 Å². The molecule has 0 saturated carbocycles. The highest BCUT2D eigenvalue weighted by Gasteiger charge is 2.10. The van der Waals surface area contributed by atoms with Gasteiger partial charge in [0.1, 0.15) is 0 Å². The molecular weight excluding hydrogens is 186 g/mol. The maximum atomic E-state index is 4.65. The zero-order valence-corrected chi connectivity index (χ0v) is 11.1. The van der Waals surface area contributed by atoms with Gasteiger partial charge in [0.2, 0.25) is 0 Å². The molecule has 0 aliphatic carbocycles. The predicted octanol–water partition coefficient (Wildman–Crippen LogP) is 2.44. The molecule has 0 saturated heterocycles. The second kappa shape index (κ2) is 8.57. The Morgan fingerprint density at radius 3 is 1.80 bits per heavy atom. The van der Waals surface area contributed by atoms with Gasteiger partial charge in [-0.25, -0.2) is 0 Å². The average Bonchev–Trinajstić information content (AvgIpc) is 2.18. The third kappa shape index (κ3) is 5.65. The molecule has 0 heterocycles. The van der Waals surface area contributed by atoms with E-state index in [4.69, 9.17) is 0 Å². The largest absolute Gasteiger partial charge is 0.349 e. The van der Waals surface area contributed by atoms with Crippen molar-refractivity contribution in [2.75, 3.05) is 33.7 Å². The SMILES string of the molecule is CCCN=C(N(C)C)N(CCC)CCC. The minimum atomic E-state index is 0.928. The number of guanidine groups is 1. The molecule has 0 aromatic heterocycles. The molecule has 0 amide bonds. The summed E-state index contributed by atoms with van der Waals surface area (Å²) >= 11 is 0. The summed E-state index contributed by atoms with van der Waals surface area (Å²) in [5, 5.41) is 0. The molecule has 3 nitrogen and oxygen atoms in total. The van der Waals surface area contributed by atoms with Crippen LogP contribution in [0.5, 0.6) is 0 Å². The zero-order valence-electron chi connectivity index (χ0n) is 11.1. The number of aliphatic imine (C=N–C) groups is 1. The third-order valence-corrected chi connectivity index (χ3v) is 2.15. The lowest BCUT2D eigenvalue weighted by Gasteiger charge is -2.29. The fourth-order valence-electron chi connectivity index (χ4n) is 1.59. The van der Waals surface area contributed by atoms with E-state index in [1.807, 2.05) is 0 Å². The van der Waals surface area contributed by atoms with E-state index in [9.17, 15) is 0 Å². The fourth-order valence-corrected chi connectivity index (χ4v) is 1.59. The van der Waals surface area contributed by atoms with Crippen molar-refractivity contribution in [2.45, 2.75) is 40.0 Å². The molecule has 0 aliphatic rings. The maximum absolute atomic E-state index is 4.65. The van der Waals surface area contributed by atoms with Crippen LogP contribution in [-0.2, 0) is 0 Å². The van der Waals surface area contributed by atoms with E-state index >= 15 is 0 Å². The van der Waals surface area contributed by atoms with Crippen LogP contribution in [0.1, 0.15) is 40.0 Å². The summed E-state index contributed by atoms with van der Waals surface area (Å²) in [6.07, 6.45) is 3.47. The van der Waals surface area contributed by atoms with Crippen molar-refractivity contribution in [1.82, 2.24) is 9.80 Å². The molecule has 0 aliphatic heterocycles. The molecule has 0 spiro atoms. The van der Waals surface area contributed by atoms with Crippen molar-refractivity contribution in [1.29, 1.82) is 0 Å². The van der Waals surface area contributed by atoms with Gasteiger partial charge < -0.3 is 9.80 Å². The van der Waals surface area contributed by atoms with E-state index in [1.165, 1.54) is 12.8 Å². The fraction of sp³-hybridized carbons (Fsp3) is 0.917. The summed E-state index contributed by atoms with van der Waals surface area (Å²) < 4.78 is 0. The van der Waals surface area contributed by atoms with Gasteiger partial charge in [0.25, 0.3) is 0 Å². The molecule has 0 bridgehead atoms. The van der Waals surface area contributed by atoms with Gasteiger partial charge in [-0.3, -0.25) is 4.99 Å². The van der Waals surface area contributed by atoms with Gasteiger partial charge in [0, 0.05) is 33.7 Å². The highest BCUT2D eigenvalue weighted by atomic mass is 15.4. The van der Waals surface area contributed by atoms with Gasteiger partial charge in [-0.2, -0.15) is 0 Å². The topological polar surface area (TPSA) is 18.8 Å². The Kier molecular flexibility index (Phi) is 8.15. The lowest BCUT2D eigenvalue weighted by molar-refractivity contribution is 0.362. The Hall–Kier alpha value is -0.730. The summed E-state index contributed by atoms with van der Waals surface area (Å²) in [6.45, 7) is 9.74. The predicted molar refractivity (Wildman–Crippen MR) is 68.4 cm³/mol. The molecule has 0 unspecified atom stereocenters. The first-order valence-corrected chi connectivity index (χ1v) is 6.14. The minimum absolute atomic E-state index is 0.928. The number of rotatable bonds is 6. The van der Waals surface area contributed by atoms with Crippen LogP contribution in [0.4, 0.5) is 0 Å². The average molecular weight is 213 g/mol. The van der Waals surface area contributed by atoms with Gasteiger partial charge in [0.05, 0.1) is 0 Å². The maximum Gasteiger partial charge on any atom is 0.196 e. The quantitative estimate of drug-likeness (QED) is 0.498. The molecule has 0 rings (SSSR count). The van der Waals surface area contributed by atoms with Crippen LogP contribution in [0, 0.1) is 0 Å². The molecule has 90 valence electrons. The first-order valence-electron chi connectivity index (χ1n) is 6.14. The molecule has 0 atom stereocenters. The van der Waals surface area contributed by atoms with Gasteiger partial charge >= 0.3 is 0 Å². The molecule has 0 fully saturated rings. The van der Waals surface area contributed by atoms with Crippen LogP contribution in [0.15, 0.2) is 4.99 Å². The smallest absolute Gasteiger partial charge is 0.196 e. The number of hydrogen-bond acceptors (Lipinski definition) is 1. The highest BCUT2D eigenvalue weighted by molar-refractivity contribution is 5.79. The molecule has 15 heavy (non-hydrogen) atoms. The van der Waals surface area contributed by atoms with Crippen molar-refractivity contribution < 1.29 is 0 Å². The molecule has 0 N–H and O–H groups in total. The van der Waals surface area contributed by atoms with Crippen molar-refractivity contribution in [3.8, 4) is 0 Å². The van der Waals surface area contributed by atoms with E-state index in [0.29, 0.717) is 0 Å². The number of hydrogen-bond donors (Lipinski definition) is 0. The van der Waals surface area contributed by atoms with Crippen LogP contribution in [-0.4, -0.2) is 49.5 Å². The van der Waals surface area contributed by atoms with Crippen LogP contribution in [0.25, 0.3) is 0 Å². The van der Waals surface area contributed by atoms with E-state index in [2.05, 4.69) is 49.7 Å². The summed E-state index contributed by atoms with van der Waals surface area (Å²) in [4.78, 5) is 9.16. The van der Waals surface area contributed by atoms with Crippen LogP contribution in [0.2, 0.25) is 0 Å². The molecule has 0 radical (unpaired) electrons. The molecular formula is C12H27N3. The Morgan fingerprint density at radius 2 is 1.47 bits per heavy atom. The first-order chi connectivity index (χ1) is 7.17.